The molecule has 1 aromatic heterocycles. The van der Waals surface area contributed by atoms with Crippen molar-refractivity contribution in [3.8, 4) is 0 Å². The molecule has 0 radical (unpaired) electrons. The number of benzene rings is 2. The Balaban J connectivity index is 1.72. The number of carbonyl (C=O) groups is 2. The lowest BCUT2D eigenvalue weighted by Crippen LogP contribution is -2.22. The topological polar surface area (TPSA) is 71.7 Å². The number of furan rings is 1. The van der Waals surface area contributed by atoms with Gasteiger partial charge in [-0.3, -0.25) is 9.59 Å². The molecule has 4 rings (SSSR count). The fraction of sp³-hybridized carbons (Fsp3) is 0.105. The van der Waals surface area contributed by atoms with Crippen LogP contribution in [0.2, 0.25) is 0 Å². The minimum absolute atomic E-state index is 0.179. The third kappa shape index (κ3) is 2.06. The number of nitrogens with one attached hydrogen (secondary N) is 1. The van der Waals surface area contributed by atoms with E-state index in [1.165, 1.54) is 0 Å². The molecule has 5 heteroatoms. The first-order valence-electron chi connectivity index (χ1n) is 7.58. The molecule has 0 atom stereocenters. The van der Waals surface area contributed by atoms with Crippen LogP contribution < -0.4 is 5.43 Å². The van der Waals surface area contributed by atoms with E-state index in [0.29, 0.717) is 22.6 Å². The molecule has 0 spiro atoms. The molecule has 24 heavy (non-hydrogen) atoms. The van der Waals surface area contributed by atoms with E-state index < -0.39 is 5.91 Å². The maximum atomic E-state index is 12.6. The van der Waals surface area contributed by atoms with E-state index in [1.807, 2.05) is 30.3 Å². The lowest BCUT2D eigenvalue weighted by atomic mass is 10.1. The van der Waals surface area contributed by atoms with E-state index in [-0.39, 0.29) is 11.5 Å². The smallest absolute Gasteiger partial charge is 0.274 e. The molecule has 0 bridgehead atoms. The van der Waals surface area contributed by atoms with Crippen LogP contribution in [0.4, 0.5) is 0 Å². The number of hydrazone groups is 1. The second-order valence-electron chi connectivity index (χ2n) is 5.77. The molecule has 3 aromatic rings. The molecule has 2 aromatic carbocycles. The summed E-state index contributed by atoms with van der Waals surface area (Å²) in [7, 11) is 0. The highest BCUT2D eigenvalue weighted by Gasteiger charge is 2.29. The van der Waals surface area contributed by atoms with Gasteiger partial charge in [0.1, 0.15) is 17.2 Å². The van der Waals surface area contributed by atoms with Gasteiger partial charge in [-0.05, 0) is 25.3 Å². The number of hydrogen-bond donors (Lipinski definition) is 1. The Hall–Kier alpha value is -3.21. The van der Waals surface area contributed by atoms with Crippen molar-refractivity contribution in [1.29, 1.82) is 0 Å². The van der Waals surface area contributed by atoms with Gasteiger partial charge in [0, 0.05) is 16.5 Å². The number of ketones is 1. The second-order valence-corrected chi connectivity index (χ2v) is 5.77. The van der Waals surface area contributed by atoms with Crippen LogP contribution in [-0.4, -0.2) is 17.4 Å². The summed E-state index contributed by atoms with van der Waals surface area (Å²) in [6.07, 6.45) is 0. The molecule has 1 heterocycles. The van der Waals surface area contributed by atoms with Crippen LogP contribution in [0.5, 0.6) is 0 Å². The van der Waals surface area contributed by atoms with Crippen LogP contribution in [0, 0.1) is 13.8 Å². The van der Waals surface area contributed by atoms with Crippen molar-refractivity contribution in [2.45, 2.75) is 13.8 Å². The van der Waals surface area contributed by atoms with Crippen LogP contribution in [0.15, 0.2) is 52.0 Å². The highest BCUT2D eigenvalue weighted by atomic mass is 16.3. The van der Waals surface area contributed by atoms with E-state index in [4.69, 9.17) is 4.42 Å². The number of carbonyl (C=O) groups excluding carboxylic acids is 2. The molecule has 0 fully saturated rings. The first kappa shape index (κ1) is 14.4. The monoisotopic (exact) mass is 318 g/mol. The number of nitrogens with zero attached hydrogens (tertiary/aromatic N) is 1. The Morgan fingerprint density at radius 2 is 1.79 bits per heavy atom. The quantitative estimate of drug-likeness (QED) is 0.736. The minimum Gasteiger partial charge on any atom is -0.466 e. The molecular weight excluding hydrogens is 304 g/mol. The zero-order valence-corrected chi connectivity index (χ0v) is 13.2. The molecule has 1 aliphatic rings. The Morgan fingerprint density at radius 1 is 1.08 bits per heavy atom. The lowest BCUT2D eigenvalue weighted by Gasteiger charge is -2.01. The van der Waals surface area contributed by atoms with E-state index >= 15 is 0 Å². The zero-order valence-electron chi connectivity index (χ0n) is 13.2. The number of amides is 1. The van der Waals surface area contributed by atoms with Crippen LogP contribution in [0.25, 0.3) is 10.8 Å². The maximum Gasteiger partial charge on any atom is 0.274 e. The van der Waals surface area contributed by atoms with Gasteiger partial charge in [-0.15, -0.1) is 0 Å². The number of hydrogen-bond acceptors (Lipinski definition) is 4. The van der Waals surface area contributed by atoms with E-state index in [2.05, 4.69) is 10.5 Å². The van der Waals surface area contributed by atoms with Crippen molar-refractivity contribution in [3.63, 3.8) is 0 Å². The first-order valence-corrected chi connectivity index (χ1v) is 7.58. The summed E-state index contributed by atoms with van der Waals surface area (Å²) in [5.74, 6) is 0.600. The average molecular weight is 318 g/mol. The van der Waals surface area contributed by atoms with Crippen LogP contribution >= 0.6 is 0 Å². The van der Waals surface area contributed by atoms with Gasteiger partial charge in [0.05, 0.1) is 5.56 Å². The largest absolute Gasteiger partial charge is 0.466 e. The van der Waals surface area contributed by atoms with Gasteiger partial charge in [-0.25, -0.2) is 5.43 Å². The van der Waals surface area contributed by atoms with Crippen molar-refractivity contribution < 1.29 is 14.0 Å². The Kier molecular flexibility index (Phi) is 3.09. The predicted molar refractivity (Wildman–Crippen MR) is 90.5 cm³/mol. The number of rotatable bonds is 2. The van der Waals surface area contributed by atoms with Crippen molar-refractivity contribution in [2.24, 2.45) is 5.10 Å². The summed E-state index contributed by atoms with van der Waals surface area (Å²) >= 11 is 0. The van der Waals surface area contributed by atoms with Gasteiger partial charge in [0.15, 0.2) is 0 Å². The van der Waals surface area contributed by atoms with E-state index in [0.717, 1.165) is 16.3 Å². The summed E-state index contributed by atoms with van der Waals surface area (Å²) in [6.45, 7) is 3.49. The molecule has 0 aliphatic heterocycles. The van der Waals surface area contributed by atoms with Crippen molar-refractivity contribution in [3.05, 3.63) is 70.7 Å². The summed E-state index contributed by atoms with van der Waals surface area (Å²) in [5, 5.41) is 5.96. The van der Waals surface area contributed by atoms with Gasteiger partial charge in [-0.1, -0.05) is 36.4 Å². The van der Waals surface area contributed by atoms with Crippen LogP contribution in [0.3, 0.4) is 0 Å². The van der Waals surface area contributed by atoms with Gasteiger partial charge in [0.25, 0.3) is 5.91 Å². The number of Topliss-reactive ketones (excluding diaryl/α,β-unsaturated/α-hetero) is 1. The molecule has 1 amide bonds. The molecule has 0 saturated carbocycles. The summed E-state index contributed by atoms with van der Waals surface area (Å²) in [4.78, 5) is 24.9. The number of aryl methyl sites for hydroxylation is 2. The summed E-state index contributed by atoms with van der Waals surface area (Å²) in [6, 6.07) is 12.9. The van der Waals surface area contributed by atoms with Crippen molar-refractivity contribution in [1.82, 2.24) is 5.43 Å². The van der Waals surface area contributed by atoms with Gasteiger partial charge >= 0.3 is 0 Å². The van der Waals surface area contributed by atoms with Gasteiger partial charge in [0.2, 0.25) is 5.78 Å². The predicted octanol–water partition coefficient (Wildman–Crippen LogP) is 3.38. The SMILES string of the molecule is Cc1cc(C(=O)NN=C2C(=O)c3cccc4cccc2c34)c(C)o1. The molecule has 118 valence electrons. The molecule has 1 aliphatic carbocycles. The third-order valence-electron chi connectivity index (χ3n) is 4.17. The highest BCUT2D eigenvalue weighted by molar-refractivity contribution is 6.59. The van der Waals surface area contributed by atoms with Gasteiger partial charge < -0.3 is 4.42 Å². The summed E-state index contributed by atoms with van der Waals surface area (Å²) < 4.78 is 5.35. The Morgan fingerprint density at radius 3 is 2.46 bits per heavy atom. The normalized spacial score (nSPS) is 14.6. The third-order valence-corrected chi connectivity index (χ3v) is 4.17. The molecule has 0 unspecified atom stereocenters. The molecular formula is C19H14N2O3. The fourth-order valence-electron chi connectivity index (χ4n) is 3.11. The zero-order chi connectivity index (χ0) is 16.8. The Bertz CT molecular complexity index is 1040. The minimum atomic E-state index is -0.396. The van der Waals surface area contributed by atoms with Gasteiger partial charge in [-0.2, -0.15) is 5.10 Å². The molecule has 5 nitrogen and oxygen atoms in total. The van der Waals surface area contributed by atoms with Crippen molar-refractivity contribution in [2.75, 3.05) is 0 Å². The Labute approximate surface area is 138 Å². The van der Waals surface area contributed by atoms with Crippen LogP contribution in [-0.2, 0) is 0 Å². The van der Waals surface area contributed by atoms with E-state index in [9.17, 15) is 9.59 Å². The van der Waals surface area contributed by atoms with Crippen LogP contribution in [0.1, 0.15) is 37.8 Å². The summed E-state index contributed by atoms with van der Waals surface area (Å²) in [5.41, 5.74) is 4.50. The lowest BCUT2D eigenvalue weighted by molar-refractivity contribution is 0.0953. The first-order chi connectivity index (χ1) is 11.6. The molecule has 0 saturated heterocycles. The van der Waals surface area contributed by atoms with Crippen molar-refractivity contribution >= 4 is 28.2 Å². The highest BCUT2D eigenvalue weighted by Crippen LogP contribution is 2.30. The fourth-order valence-corrected chi connectivity index (χ4v) is 3.11. The second kappa shape index (κ2) is 5.16. The maximum absolute atomic E-state index is 12.6. The van der Waals surface area contributed by atoms with E-state index in [1.54, 1.807) is 26.0 Å². The average Bonchev–Trinajstić information content (AvgIpc) is 3.05. The standard InChI is InChI=1S/C19H14N2O3/c1-10-9-15(11(2)24-10)19(23)21-20-17-13-7-3-5-12-6-4-8-14(16(12)13)18(17)22/h3-9H,1-2H3,(H,21,23). The molecule has 1 N–H and O–H groups in total.